The molecule has 12 heteroatoms. The molecular formula is C20H22N6O5S. The van der Waals surface area contributed by atoms with Gasteiger partial charge in [-0.15, -0.1) is 5.10 Å². The van der Waals surface area contributed by atoms with Gasteiger partial charge in [0.25, 0.3) is 0 Å². The molecule has 4 rings (SSSR count). The van der Waals surface area contributed by atoms with Crippen molar-refractivity contribution in [1.82, 2.24) is 24.5 Å². The van der Waals surface area contributed by atoms with Crippen LogP contribution in [0.5, 0.6) is 5.75 Å². The topological polar surface area (TPSA) is 129 Å². The molecule has 1 fully saturated rings. The van der Waals surface area contributed by atoms with Gasteiger partial charge >= 0.3 is 0 Å². The summed E-state index contributed by atoms with van der Waals surface area (Å²) in [5.74, 6) is -0.0615. The molecule has 0 bridgehead atoms. The van der Waals surface area contributed by atoms with Crippen LogP contribution in [-0.4, -0.2) is 72.3 Å². The number of benzene rings is 2. The van der Waals surface area contributed by atoms with Crippen LogP contribution < -0.4 is 10.1 Å². The molecule has 0 aliphatic carbocycles. The van der Waals surface area contributed by atoms with Gasteiger partial charge in [-0.1, -0.05) is 12.1 Å². The van der Waals surface area contributed by atoms with Gasteiger partial charge in [0.05, 0.1) is 32.4 Å². The molecule has 0 radical (unpaired) electrons. The molecule has 0 unspecified atom stereocenters. The van der Waals surface area contributed by atoms with Gasteiger partial charge < -0.3 is 14.8 Å². The van der Waals surface area contributed by atoms with Crippen LogP contribution in [0.1, 0.15) is 5.56 Å². The first-order valence-corrected chi connectivity index (χ1v) is 11.3. The molecule has 0 saturated carbocycles. The molecular weight excluding hydrogens is 436 g/mol. The molecule has 2 heterocycles. The average Bonchev–Trinajstić information content (AvgIpc) is 3.35. The van der Waals surface area contributed by atoms with Crippen molar-refractivity contribution in [2.24, 2.45) is 0 Å². The van der Waals surface area contributed by atoms with Crippen molar-refractivity contribution >= 4 is 21.6 Å². The predicted octanol–water partition coefficient (Wildman–Crippen LogP) is 0.873. The number of hydrogen-bond acceptors (Lipinski definition) is 8. The van der Waals surface area contributed by atoms with E-state index in [1.807, 2.05) is 0 Å². The second kappa shape index (κ2) is 9.42. The zero-order chi connectivity index (χ0) is 22.6. The molecule has 2 aromatic carbocycles. The van der Waals surface area contributed by atoms with Crippen LogP contribution in [0.25, 0.3) is 5.69 Å². The van der Waals surface area contributed by atoms with Crippen molar-refractivity contribution in [3.8, 4) is 11.4 Å². The standard InChI is InChI=1S/C20H22N6O5S/c1-30-18-6-5-15(11-19(18)32(28,29)25-7-9-31-10-8-25)12-20(27)22-16-3-2-4-17(13-16)26-14-21-23-24-26/h2-6,11,13-14H,7-10,12H2,1H3,(H,22,27). The minimum atomic E-state index is -3.78. The number of rotatable bonds is 7. The third-order valence-electron chi connectivity index (χ3n) is 4.92. The highest BCUT2D eigenvalue weighted by Crippen LogP contribution is 2.28. The van der Waals surface area contributed by atoms with E-state index in [2.05, 4.69) is 20.8 Å². The third kappa shape index (κ3) is 4.77. The lowest BCUT2D eigenvalue weighted by Gasteiger charge is -2.26. The molecule has 1 amide bonds. The lowest BCUT2D eigenvalue weighted by Crippen LogP contribution is -2.40. The Morgan fingerprint density at radius 2 is 2.00 bits per heavy atom. The zero-order valence-corrected chi connectivity index (χ0v) is 18.2. The van der Waals surface area contributed by atoms with Crippen LogP contribution in [0.2, 0.25) is 0 Å². The number of nitrogens with one attached hydrogen (secondary N) is 1. The lowest BCUT2D eigenvalue weighted by atomic mass is 10.1. The molecule has 1 saturated heterocycles. The number of sulfonamides is 1. The number of tetrazole rings is 1. The monoisotopic (exact) mass is 458 g/mol. The van der Waals surface area contributed by atoms with Crippen LogP contribution in [0.3, 0.4) is 0 Å². The number of morpholine rings is 1. The number of ether oxygens (including phenoxy) is 2. The molecule has 0 spiro atoms. The van der Waals surface area contributed by atoms with Crippen LogP contribution in [0.15, 0.2) is 53.7 Å². The maximum Gasteiger partial charge on any atom is 0.246 e. The summed E-state index contributed by atoms with van der Waals surface area (Å²) in [6.45, 7) is 1.22. The summed E-state index contributed by atoms with van der Waals surface area (Å²) < 4.78 is 39.6. The van der Waals surface area contributed by atoms with E-state index in [0.717, 1.165) is 0 Å². The molecule has 1 aliphatic heterocycles. The maximum absolute atomic E-state index is 13.1. The number of anilines is 1. The Bertz CT molecular complexity index is 1190. The predicted molar refractivity (Wildman–Crippen MR) is 114 cm³/mol. The quantitative estimate of drug-likeness (QED) is 0.552. The number of carbonyl (C=O) groups is 1. The van der Waals surface area contributed by atoms with Crippen LogP contribution in [0.4, 0.5) is 5.69 Å². The molecule has 1 N–H and O–H groups in total. The highest BCUT2D eigenvalue weighted by atomic mass is 32.2. The normalized spacial score (nSPS) is 14.8. The van der Waals surface area contributed by atoms with Gasteiger partial charge in [0, 0.05) is 18.8 Å². The van der Waals surface area contributed by atoms with Crippen LogP contribution in [0, 0.1) is 0 Å². The average molecular weight is 459 g/mol. The highest BCUT2D eigenvalue weighted by molar-refractivity contribution is 7.89. The Morgan fingerprint density at radius 3 is 2.72 bits per heavy atom. The first-order chi connectivity index (χ1) is 15.5. The Hall–Kier alpha value is -3.35. The molecule has 3 aromatic rings. The van der Waals surface area contributed by atoms with Gasteiger partial charge in [-0.05, 0) is 46.3 Å². The number of methoxy groups -OCH3 is 1. The van der Waals surface area contributed by atoms with Gasteiger partial charge in [-0.2, -0.15) is 4.31 Å². The molecule has 1 aromatic heterocycles. The van der Waals surface area contributed by atoms with E-state index in [0.29, 0.717) is 30.2 Å². The highest BCUT2D eigenvalue weighted by Gasteiger charge is 2.29. The van der Waals surface area contributed by atoms with Gasteiger partial charge in [0.2, 0.25) is 15.9 Å². The minimum absolute atomic E-state index is 0.00919. The van der Waals surface area contributed by atoms with Crippen molar-refractivity contribution in [3.05, 3.63) is 54.4 Å². The summed E-state index contributed by atoms with van der Waals surface area (Å²) in [7, 11) is -2.36. The van der Waals surface area contributed by atoms with E-state index in [-0.39, 0.29) is 36.1 Å². The maximum atomic E-state index is 13.1. The first-order valence-electron chi connectivity index (χ1n) is 9.85. The fraction of sp³-hybridized carbons (Fsp3) is 0.300. The van der Waals surface area contributed by atoms with Crippen LogP contribution in [-0.2, 0) is 26.0 Å². The summed E-state index contributed by atoms with van der Waals surface area (Å²) in [6.07, 6.45) is 1.44. The van der Waals surface area contributed by atoms with Gasteiger partial charge in [0.1, 0.15) is 17.0 Å². The van der Waals surface area contributed by atoms with E-state index in [1.165, 1.54) is 28.5 Å². The molecule has 0 atom stereocenters. The second-order valence-electron chi connectivity index (χ2n) is 7.03. The van der Waals surface area contributed by atoms with Crippen molar-refractivity contribution in [2.45, 2.75) is 11.3 Å². The Labute approximate surface area is 185 Å². The first kappa shape index (κ1) is 21.9. The molecule has 11 nitrogen and oxygen atoms in total. The number of amides is 1. The minimum Gasteiger partial charge on any atom is -0.495 e. The second-order valence-corrected chi connectivity index (χ2v) is 8.94. The van der Waals surface area contributed by atoms with Crippen molar-refractivity contribution < 1.29 is 22.7 Å². The summed E-state index contributed by atoms with van der Waals surface area (Å²) in [5, 5.41) is 13.8. The smallest absolute Gasteiger partial charge is 0.246 e. The van der Waals surface area contributed by atoms with Gasteiger partial charge in [-0.3, -0.25) is 4.79 Å². The van der Waals surface area contributed by atoms with Crippen LogP contribution >= 0.6 is 0 Å². The van der Waals surface area contributed by atoms with Gasteiger partial charge in [0.15, 0.2) is 0 Å². The molecule has 1 aliphatic rings. The lowest BCUT2D eigenvalue weighted by molar-refractivity contribution is -0.115. The van der Waals surface area contributed by atoms with Crippen molar-refractivity contribution in [3.63, 3.8) is 0 Å². The number of carbonyl (C=O) groups excluding carboxylic acids is 1. The SMILES string of the molecule is COc1ccc(CC(=O)Nc2cccc(-n3cnnn3)c2)cc1S(=O)(=O)N1CCOCC1. The largest absolute Gasteiger partial charge is 0.495 e. The Kier molecular flexibility index (Phi) is 6.44. The van der Waals surface area contributed by atoms with E-state index < -0.39 is 10.0 Å². The molecule has 32 heavy (non-hydrogen) atoms. The van der Waals surface area contributed by atoms with E-state index in [1.54, 1.807) is 36.4 Å². The number of hydrogen-bond donors (Lipinski definition) is 1. The Morgan fingerprint density at radius 1 is 1.19 bits per heavy atom. The number of nitrogens with zero attached hydrogens (tertiary/aromatic N) is 5. The zero-order valence-electron chi connectivity index (χ0n) is 17.3. The van der Waals surface area contributed by atoms with Crippen molar-refractivity contribution in [1.29, 1.82) is 0 Å². The fourth-order valence-electron chi connectivity index (χ4n) is 3.36. The molecule has 168 valence electrons. The number of aromatic nitrogens is 4. The Balaban J connectivity index is 1.51. The summed E-state index contributed by atoms with van der Waals surface area (Å²) in [6, 6.07) is 11.8. The van der Waals surface area contributed by atoms with E-state index in [9.17, 15) is 13.2 Å². The van der Waals surface area contributed by atoms with E-state index in [4.69, 9.17) is 9.47 Å². The summed E-state index contributed by atoms with van der Waals surface area (Å²) in [5.41, 5.74) is 1.81. The fourth-order valence-corrected chi connectivity index (χ4v) is 4.97. The van der Waals surface area contributed by atoms with E-state index >= 15 is 0 Å². The van der Waals surface area contributed by atoms with Gasteiger partial charge in [-0.25, -0.2) is 13.1 Å². The van der Waals surface area contributed by atoms with Crippen molar-refractivity contribution in [2.75, 3.05) is 38.7 Å². The summed E-state index contributed by atoms with van der Waals surface area (Å²) >= 11 is 0. The third-order valence-corrected chi connectivity index (χ3v) is 6.84. The summed E-state index contributed by atoms with van der Waals surface area (Å²) in [4.78, 5) is 12.7.